The van der Waals surface area contributed by atoms with Gasteiger partial charge in [-0.2, -0.15) is 0 Å². The molecule has 5 nitrogen and oxygen atoms in total. The van der Waals surface area contributed by atoms with E-state index >= 15 is 0 Å². The normalized spacial score (nSPS) is 18.1. The molecule has 1 unspecified atom stereocenters. The average Bonchev–Trinajstić information content (AvgIpc) is 3.36. The molecular weight excluding hydrogens is 398 g/mol. The van der Waals surface area contributed by atoms with Gasteiger partial charge in [0.15, 0.2) is 0 Å². The van der Waals surface area contributed by atoms with Crippen molar-refractivity contribution >= 4 is 34.5 Å². The minimum Gasteiger partial charge on any atom is -0.507 e. The maximum atomic E-state index is 13.0. The molecule has 1 aromatic heterocycles. The molecule has 6 heteroatoms. The van der Waals surface area contributed by atoms with Crippen molar-refractivity contribution in [1.29, 1.82) is 0 Å². The van der Waals surface area contributed by atoms with E-state index in [4.69, 9.17) is 4.74 Å². The number of thiophene rings is 1. The lowest BCUT2D eigenvalue weighted by Gasteiger charge is -2.24. The number of Topliss-reactive ketones (excluding diaryl/α,β-unsaturated/α-hetero) is 1. The highest BCUT2D eigenvalue weighted by Crippen LogP contribution is 2.43. The van der Waals surface area contributed by atoms with Gasteiger partial charge in [0.05, 0.1) is 12.2 Å². The minimum absolute atomic E-state index is 0.0974. The van der Waals surface area contributed by atoms with Crippen LogP contribution in [-0.2, 0) is 9.59 Å². The van der Waals surface area contributed by atoms with Crippen molar-refractivity contribution < 1.29 is 19.4 Å². The summed E-state index contributed by atoms with van der Waals surface area (Å²) in [4.78, 5) is 28.3. The Labute approximate surface area is 178 Å². The smallest absolute Gasteiger partial charge is 0.300 e. The summed E-state index contributed by atoms with van der Waals surface area (Å²) < 4.78 is 5.48. The Morgan fingerprint density at radius 1 is 1.07 bits per heavy atom. The van der Waals surface area contributed by atoms with Gasteiger partial charge in [-0.1, -0.05) is 35.9 Å². The van der Waals surface area contributed by atoms with Crippen LogP contribution in [0.15, 0.2) is 71.6 Å². The number of carbonyl (C=O) groups excluding carboxylic acids is 2. The molecule has 1 atom stereocenters. The first-order valence-electron chi connectivity index (χ1n) is 9.65. The number of aliphatic hydroxyl groups is 1. The summed E-state index contributed by atoms with van der Waals surface area (Å²) in [7, 11) is 0. The molecule has 0 bridgehead atoms. The summed E-state index contributed by atoms with van der Waals surface area (Å²) in [6, 6.07) is 17.3. The molecule has 2 heterocycles. The van der Waals surface area contributed by atoms with E-state index in [9.17, 15) is 14.7 Å². The fraction of sp³-hybridized carbons (Fsp3) is 0.167. The van der Waals surface area contributed by atoms with E-state index < -0.39 is 17.7 Å². The highest BCUT2D eigenvalue weighted by Gasteiger charge is 2.47. The fourth-order valence-corrected chi connectivity index (χ4v) is 4.37. The molecule has 30 heavy (non-hydrogen) atoms. The number of nitrogens with zero attached hydrogens (tertiary/aromatic N) is 1. The van der Waals surface area contributed by atoms with E-state index in [1.165, 1.54) is 16.2 Å². The molecule has 0 saturated carbocycles. The number of ether oxygens (including phenoxy) is 1. The van der Waals surface area contributed by atoms with Gasteiger partial charge in [-0.25, -0.2) is 0 Å². The van der Waals surface area contributed by atoms with Gasteiger partial charge in [-0.15, -0.1) is 11.3 Å². The fourth-order valence-electron chi connectivity index (χ4n) is 3.55. The van der Waals surface area contributed by atoms with Crippen LogP contribution >= 0.6 is 11.3 Å². The zero-order valence-corrected chi connectivity index (χ0v) is 17.5. The van der Waals surface area contributed by atoms with Gasteiger partial charge < -0.3 is 9.84 Å². The van der Waals surface area contributed by atoms with E-state index in [-0.39, 0.29) is 11.3 Å². The first-order valence-corrected chi connectivity index (χ1v) is 10.5. The van der Waals surface area contributed by atoms with E-state index in [2.05, 4.69) is 0 Å². The summed E-state index contributed by atoms with van der Waals surface area (Å²) in [5.41, 5.74) is 2.21. The number of hydrogen-bond acceptors (Lipinski definition) is 5. The Balaban J connectivity index is 1.85. The summed E-state index contributed by atoms with van der Waals surface area (Å²) in [6.07, 6.45) is 0. The molecule has 1 aliphatic heterocycles. The molecule has 2 aromatic carbocycles. The van der Waals surface area contributed by atoms with Crippen LogP contribution in [0.3, 0.4) is 0 Å². The Morgan fingerprint density at radius 2 is 1.77 bits per heavy atom. The maximum absolute atomic E-state index is 13.0. The van der Waals surface area contributed by atoms with Gasteiger partial charge in [0.1, 0.15) is 17.6 Å². The Morgan fingerprint density at radius 3 is 2.37 bits per heavy atom. The Hall–Kier alpha value is -3.38. The SMILES string of the molecule is CCOc1ccc(N2C(=O)C(=O)/C(=C(\O)c3ccc(C)cc3)C2c2cccs2)cc1. The first-order chi connectivity index (χ1) is 14.5. The van der Waals surface area contributed by atoms with Gasteiger partial charge >= 0.3 is 0 Å². The molecule has 3 aromatic rings. The molecule has 1 amide bonds. The third kappa shape index (κ3) is 3.50. The van der Waals surface area contributed by atoms with Crippen LogP contribution < -0.4 is 9.64 Å². The van der Waals surface area contributed by atoms with Crippen LogP contribution in [0.1, 0.15) is 29.0 Å². The lowest BCUT2D eigenvalue weighted by Crippen LogP contribution is -2.29. The van der Waals surface area contributed by atoms with Crippen molar-refractivity contribution in [3.63, 3.8) is 0 Å². The van der Waals surface area contributed by atoms with Gasteiger partial charge in [0.25, 0.3) is 11.7 Å². The van der Waals surface area contributed by atoms with Gasteiger partial charge in [-0.05, 0) is 49.6 Å². The molecule has 1 fully saturated rings. The number of carbonyl (C=O) groups is 2. The van der Waals surface area contributed by atoms with E-state index in [1.807, 2.05) is 43.5 Å². The molecule has 152 valence electrons. The summed E-state index contributed by atoms with van der Waals surface area (Å²) in [6.45, 7) is 4.38. The van der Waals surface area contributed by atoms with Gasteiger partial charge in [0, 0.05) is 16.1 Å². The highest BCUT2D eigenvalue weighted by molar-refractivity contribution is 7.10. The van der Waals surface area contributed by atoms with Crippen LogP contribution in [0.4, 0.5) is 5.69 Å². The standard InChI is InChI=1S/C24H21NO4S/c1-3-29-18-12-10-17(11-13-18)25-21(19-5-4-14-30-19)20(23(27)24(25)28)22(26)16-8-6-15(2)7-9-16/h4-14,21,26H,3H2,1-2H3/b22-20-. The molecule has 0 radical (unpaired) electrons. The predicted molar refractivity (Wildman–Crippen MR) is 118 cm³/mol. The van der Waals surface area contributed by atoms with Crippen molar-refractivity contribution in [3.8, 4) is 5.75 Å². The number of benzene rings is 2. The van der Waals surface area contributed by atoms with E-state index in [0.717, 1.165) is 10.4 Å². The summed E-state index contributed by atoms with van der Waals surface area (Å²) >= 11 is 1.44. The third-order valence-corrected chi connectivity index (χ3v) is 5.93. The van der Waals surface area contributed by atoms with Crippen molar-refractivity contribution in [2.24, 2.45) is 0 Å². The van der Waals surface area contributed by atoms with Crippen molar-refractivity contribution in [2.75, 3.05) is 11.5 Å². The van der Waals surface area contributed by atoms with Crippen molar-refractivity contribution in [1.82, 2.24) is 0 Å². The monoisotopic (exact) mass is 419 g/mol. The number of ketones is 1. The topological polar surface area (TPSA) is 66.8 Å². The zero-order chi connectivity index (χ0) is 21.3. The van der Waals surface area contributed by atoms with Crippen LogP contribution in [0.25, 0.3) is 5.76 Å². The zero-order valence-electron chi connectivity index (χ0n) is 16.7. The number of anilines is 1. The van der Waals surface area contributed by atoms with Gasteiger partial charge in [-0.3, -0.25) is 14.5 Å². The van der Waals surface area contributed by atoms with E-state index in [0.29, 0.717) is 23.6 Å². The number of hydrogen-bond donors (Lipinski definition) is 1. The van der Waals surface area contributed by atoms with Crippen LogP contribution in [-0.4, -0.2) is 23.4 Å². The minimum atomic E-state index is -0.694. The summed E-state index contributed by atoms with van der Waals surface area (Å²) in [5, 5.41) is 12.9. The molecule has 1 N–H and O–H groups in total. The number of aliphatic hydroxyl groups excluding tert-OH is 1. The Bertz CT molecular complexity index is 1100. The number of aryl methyl sites for hydroxylation is 1. The largest absolute Gasteiger partial charge is 0.507 e. The Kier molecular flexibility index (Phi) is 5.42. The lowest BCUT2D eigenvalue weighted by atomic mass is 9.99. The lowest BCUT2D eigenvalue weighted by molar-refractivity contribution is -0.132. The maximum Gasteiger partial charge on any atom is 0.300 e. The first kappa shape index (κ1) is 19.9. The molecule has 4 rings (SSSR count). The van der Waals surface area contributed by atoms with Gasteiger partial charge in [0.2, 0.25) is 0 Å². The number of rotatable bonds is 5. The highest BCUT2D eigenvalue weighted by atomic mass is 32.1. The third-order valence-electron chi connectivity index (χ3n) is 5.01. The molecule has 1 saturated heterocycles. The average molecular weight is 420 g/mol. The van der Waals surface area contributed by atoms with Crippen LogP contribution in [0.5, 0.6) is 5.75 Å². The molecule has 0 aliphatic carbocycles. The van der Waals surface area contributed by atoms with Crippen molar-refractivity contribution in [3.05, 3.63) is 87.6 Å². The van der Waals surface area contributed by atoms with Crippen LogP contribution in [0.2, 0.25) is 0 Å². The molecule has 0 spiro atoms. The predicted octanol–water partition coefficient (Wildman–Crippen LogP) is 5.08. The quantitative estimate of drug-likeness (QED) is 0.356. The second kappa shape index (κ2) is 8.16. The summed E-state index contributed by atoms with van der Waals surface area (Å²) in [5.74, 6) is -0.836. The van der Waals surface area contributed by atoms with E-state index in [1.54, 1.807) is 36.4 Å². The van der Waals surface area contributed by atoms with Crippen LogP contribution in [0, 0.1) is 6.92 Å². The molecular formula is C24H21NO4S. The molecule has 1 aliphatic rings. The van der Waals surface area contributed by atoms with Crippen molar-refractivity contribution in [2.45, 2.75) is 19.9 Å². The number of amides is 1. The second-order valence-electron chi connectivity index (χ2n) is 6.98. The second-order valence-corrected chi connectivity index (χ2v) is 7.96.